The molecule has 0 spiro atoms. The van der Waals surface area contributed by atoms with Gasteiger partial charge in [0.25, 0.3) is 0 Å². The van der Waals surface area contributed by atoms with E-state index in [-0.39, 0.29) is 0 Å². The number of H-pyrrole nitrogens is 1. The van der Waals surface area contributed by atoms with Gasteiger partial charge in [-0.05, 0) is 50.5 Å². The first kappa shape index (κ1) is 12.2. The minimum atomic E-state index is 0.666. The van der Waals surface area contributed by atoms with Crippen LogP contribution < -0.4 is 5.32 Å². The van der Waals surface area contributed by atoms with Crippen molar-refractivity contribution in [1.82, 2.24) is 15.2 Å². The quantitative estimate of drug-likeness (QED) is 0.796. The summed E-state index contributed by atoms with van der Waals surface area (Å²) in [6.07, 6.45) is 3.75. The summed E-state index contributed by atoms with van der Waals surface area (Å²) in [7, 11) is 2.23. The predicted molar refractivity (Wildman–Crippen MR) is 75.3 cm³/mol. The van der Waals surface area contributed by atoms with E-state index in [2.05, 4.69) is 35.2 Å². The molecule has 1 atom stereocenters. The largest absolute Gasteiger partial charge is 0.362 e. The molecule has 0 bridgehead atoms. The molecule has 3 rings (SSSR count). The average molecular weight is 247 g/mol. The van der Waals surface area contributed by atoms with E-state index in [1.165, 1.54) is 56.8 Å². The summed E-state index contributed by atoms with van der Waals surface area (Å²) in [4.78, 5) is 6.19. The van der Waals surface area contributed by atoms with Crippen molar-refractivity contribution in [3.05, 3.63) is 23.0 Å². The van der Waals surface area contributed by atoms with Gasteiger partial charge in [0.2, 0.25) is 0 Å². The van der Waals surface area contributed by atoms with Crippen molar-refractivity contribution < 1.29 is 0 Å². The molecular weight excluding hydrogens is 222 g/mol. The van der Waals surface area contributed by atoms with Crippen LogP contribution in [-0.4, -0.2) is 43.1 Å². The lowest BCUT2D eigenvalue weighted by molar-refractivity contribution is 0.331. The van der Waals surface area contributed by atoms with Crippen LogP contribution >= 0.6 is 0 Å². The number of fused-ring (bicyclic) bond motifs is 1. The molecule has 2 aliphatic heterocycles. The second kappa shape index (κ2) is 5.06. The van der Waals surface area contributed by atoms with Crippen LogP contribution in [0, 0.1) is 0 Å². The molecule has 0 aliphatic carbocycles. The fourth-order valence-electron chi connectivity index (χ4n) is 3.50. The van der Waals surface area contributed by atoms with Gasteiger partial charge in [-0.2, -0.15) is 0 Å². The van der Waals surface area contributed by atoms with Gasteiger partial charge in [-0.15, -0.1) is 0 Å². The first-order valence-electron chi connectivity index (χ1n) is 7.35. The number of nitrogens with zero attached hydrogens (tertiary/aromatic N) is 1. The maximum Gasteiger partial charge on any atom is 0.0197 e. The van der Waals surface area contributed by atoms with Crippen LogP contribution in [0.3, 0.4) is 0 Å². The van der Waals surface area contributed by atoms with Gasteiger partial charge >= 0.3 is 0 Å². The summed E-state index contributed by atoms with van der Waals surface area (Å²) in [5.74, 6) is 1.42. The summed E-state index contributed by atoms with van der Waals surface area (Å²) in [6.45, 7) is 7.08. The maximum absolute atomic E-state index is 3.74. The lowest BCUT2D eigenvalue weighted by Crippen LogP contribution is -2.27. The summed E-state index contributed by atoms with van der Waals surface area (Å²) < 4.78 is 0. The highest BCUT2D eigenvalue weighted by Crippen LogP contribution is 2.31. The van der Waals surface area contributed by atoms with Gasteiger partial charge in [0, 0.05) is 36.8 Å². The molecule has 18 heavy (non-hydrogen) atoms. The van der Waals surface area contributed by atoms with E-state index in [0.29, 0.717) is 5.92 Å². The molecular formula is C15H25N3. The van der Waals surface area contributed by atoms with Crippen molar-refractivity contribution in [3.8, 4) is 0 Å². The third kappa shape index (κ3) is 2.34. The minimum Gasteiger partial charge on any atom is -0.362 e. The van der Waals surface area contributed by atoms with Gasteiger partial charge in [-0.3, -0.25) is 0 Å². The summed E-state index contributed by atoms with van der Waals surface area (Å²) in [5, 5.41) is 3.45. The van der Waals surface area contributed by atoms with Crippen molar-refractivity contribution in [3.63, 3.8) is 0 Å². The molecule has 0 saturated carbocycles. The van der Waals surface area contributed by atoms with Crippen LogP contribution in [0.5, 0.6) is 0 Å². The molecule has 2 N–H and O–H groups in total. The summed E-state index contributed by atoms with van der Waals surface area (Å²) in [5.41, 5.74) is 4.58. The Balaban J connectivity index is 1.83. The van der Waals surface area contributed by atoms with Crippen molar-refractivity contribution >= 4 is 0 Å². The number of nitrogens with one attached hydrogen (secondary N) is 2. The lowest BCUT2D eigenvalue weighted by Gasteiger charge is -2.22. The minimum absolute atomic E-state index is 0.666. The molecule has 1 saturated heterocycles. The zero-order chi connectivity index (χ0) is 12.5. The second-order valence-electron chi connectivity index (χ2n) is 6.10. The lowest BCUT2D eigenvalue weighted by atomic mass is 9.93. The van der Waals surface area contributed by atoms with E-state index in [1.54, 1.807) is 5.56 Å². The van der Waals surface area contributed by atoms with Crippen LogP contribution in [0.25, 0.3) is 0 Å². The van der Waals surface area contributed by atoms with Crippen LogP contribution in [-0.2, 0) is 6.42 Å². The van der Waals surface area contributed by atoms with E-state index < -0.39 is 0 Å². The van der Waals surface area contributed by atoms with E-state index in [0.717, 1.165) is 5.92 Å². The molecule has 3 heterocycles. The topological polar surface area (TPSA) is 31.1 Å². The Morgan fingerprint density at radius 3 is 2.83 bits per heavy atom. The Labute approximate surface area is 110 Å². The Morgan fingerprint density at radius 1 is 1.28 bits per heavy atom. The highest BCUT2D eigenvalue weighted by molar-refractivity contribution is 5.32. The van der Waals surface area contributed by atoms with E-state index in [4.69, 9.17) is 0 Å². The van der Waals surface area contributed by atoms with Crippen molar-refractivity contribution in [2.24, 2.45) is 0 Å². The molecule has 0 aromatic carbocycles. The van der Waals surface area contributed by atoms with Gasteiger partial charge in [-0.25, -0.2) is 0 Å². The molecule has 3 heteroatoms. The average Bonchev–Trinajstić information content (AvgIpc) is 2.76. The third-order valence-electron chi connectivity index (χ3n) is 4.59. The standard InChI is InChI=1S/C15H25N3/c1-11-10-18(2)8-5-14-13(11)9-15(17-14)12-3-6-16-7-4-12/h9,11-12,16-17H,3-8,10H2,1-2H3. The SMILES string of the molecule is CC1CN(C)CCc2[nH]c(C3CCNCC3)cc21. The molecule has 1 aromatic rings. The summed E-state index contributed by atoms with van der Waals surface area (Å²) >= 11 is 0. The number of piperidine rings is 1. The number of hydrogen-bond donors (Lipinski definition) is 2. The first-order chi connectivity index (χ1) is 8.74. The number of rotatable bonds is 1. The number of likely N-dealkylation sites (N-methyl/N-ethyl adjacent to an activating group) is 1. The fourth-order valence-corrected chi connectivity index (χ4v) is 3.50. The molecule has 3 nitrogen and oxygen atoms in total. The fraction of sp³-hybridized carbons (Fsp3) is 0.733. The molecule has 1 fully saturated rings. The highest BCUT2D eigenvalue weighted by Gasteiger charge is 2.23. The van der Waals surface area contributed by atoms with Crippen molar-refractivity contribution in [2.45, 2.75) is 38.0 Å². The number of aromatic amines is 1. The molecule has 1 unspecified atom stereocenters. The van der Waals surface area contributed by atoms with Crippen LogP contribution in [0.2, 0.25) is 0 Å². The Bertz CT molecular complexity index is 404. The molecule has 1 aromatic heterocycles. The Morgan fingerprint density at radius 2 is 2.06 bits per heavy atom. The van der Waals surface area contributed by atoms with Crippen molar-refractivity contribution in [1.29, 1.82) is 0 Å². The smallest absolute Gasteiger partial charge is 0.0197 e. The monoisotopic (exact) mass is 247 g/mol. The van der Waals surface area contributed by atoms with E-state index >= 15 is 0 Å². The molecule has 100 valence electrons. The van der Waals surface area contributed by atoms with Gasteiger partial charge in [-0.1, -0.05) is 6.92 Å². The van der Waals surface area contributed by atoms with Gasteiger partial charge in [0.15, 0.2) is 0 Å². The van der Waals surface area contributed by atoms with Gasteiger partial charge in [0.05, 0.1) is 0 Å². The van der Waals surface area contributed by atoms with E-state index in [9.17, 15) is 0 Å². The number of hydrogen-bond acceptors (Lipinski definition) is 2. The zero-order valence-corrected chi connectivity index (χ0v) is 11.6. The third-order valence-corrected chi connectivity index (χ3v) is 4.59. The van der Waals surface area contributed by atoms with E-state index in [1.807, 2.05) is 0 Å². The molecule has 2 aliphatic rings. The Hall–Kier alpha value is -0.800. The molecule has 0 amide bonds. The highest BCUT2D eigenvalue weighted by atomic mass is 15.1. The van der Waals surface area contributed by atoms with Crippen LogP contribution in [0.1, 0.15) is 48.6 Å². The predicted octanol–water partition coefficient (Wildman–Crippen LogP) is 2.07. The maximum atomic E-state index is 3.74. The van der Waals surface area contributed by atoms with Gasteiger partial charge < -0.3 is 15.2 Å². The zero-order valence-electron chi connectivity index (χ0n) is 11.6. The van der Waals surface area contributed by atoms with Gasteiger partial charge in [0.1, 0.15) is 0 Å². The Kier molecular flexibility index (Phi) is 3.44. The van der Waals surface area contributed by atoms with Crippen molar-refractivity contribution in [2.75, 3.05) is 33.2 Å². The normalized spacial score (nSPS) is 26.9. The number of aromatic nitrogens is 1. The van der Waals surface area contributed by atoms with Crippen LogP contribution in [0.15, 0.2) is 6.07 Å². The summed E-state index contributed by atoms with van der Waals surface area (Å²) in [6, 6.07) is 2.47. The molecule has 0 radical (unpaired) electrons. The second-order valence-corrected chi connectivity index (χ2v) is 6.10. The van der Waals surface area contributed by atoms with Crippen LogP contribution in [0.4, 0.5) is 0 Å². The first-order valence-corrected chi connectivity index (χ1v) is 7.35.